The SMILES string of the molecule is Cc1ccc2c(c1)c(C(=O)N1CCN(c3cnc(C(=O)NCCc4cccn4C)cn3)CC1)c(-c1ccccc1)n2C. The van der Waals surface area contributed by atoms with E-state index in [0.29, 0.717) is 44.2 Å². The van der Waals surface area contributed by atoms with Crippen LogP contribution in [0.2, 0.25) is 0 Å². The Labute approximate surface area is 245 Å². The topological polar surface area (TPSA) is 88.3 Å². The van der Waals surface area contributed by atoms with Crippen molar-refractivity contribution in [3.8, 4) is 11.3 Å². The van der Waals surface area contributed by atoms with Crippen molar-refractivity contribution in [2.75, 3.05) is 37.6 Å². The Morgan fingerprint density at radius 3 is 2.38 bits per heavy atom. The van der Waals surface area contributed by atoms with Gasteiger partial charge >= 0.3 is 0 Å². The number of nitrogens with zero attached hydrogens (tertiary/aromatic N) is 6. The average Bonchev–Trinajstić information content (AvgIpc) is 3.56. The van der Waals surface area contributed by atoms with Crippen molar-refractivity contribution in [1.29, 1.82) is 0 Å². The van der Waals surface area contributed by atoms with Crippen LogP contribution in [0.4, 0.5) is 5.82 Å². The average molecular weight is 562 g/mol. The molecule has 214 valence electrons. The van der Waals surface area contributed by atoms with Gasteiger partial charge in [-0.05, 0) is 36.8 Å². The summed E-state index contributed by atoms with van der Waals surface area (Å²) in [5.41, 5.74) is 6.32. The molecule has 0 radical (unpaired) electrons. The van der Waals surface area contributed by atoms with Crippen LogP contribution >= 0.6 is 0 Å². The van der Waals surface area contributed by atoms with Crippen LogP contribution in [0.1, 0.15) is 32.1 Å². The van der Waals surface area contributed by atoms with E-state index in [-0.39, 0.29) is 11.8 Å². The highest BCUT2D eigenvalue weighted by Gasteiger charge is 2.29. The Balaban J connectivity index is 1.13. The van der Waals surface area contributed by atoms with Crippen LogP contribution in [-0.2, 0) is 20.5 Å². The summed E-state index contributed by atoms with van der Waals surface area (Å²) in [6.45, 7) is 4.98. The first kappa shape index (κ1) is 27.3. The number of benzene rings is 2. The summed E-state index contributed by atoms with van der Waals surface area (Å²) >= 11 is 0. The summed E-state index contributed by atoms with van der Waals surface area (Å²) in [6, 6.07) is 20.4. The van der Waals surface area contributed by atoms with Gasteiger partial charge in [0.05, 0.1) is 23.7 Å². The van der Waals surface area contributed by atoms with E-state index in [1.54, 1.807) is 6.20 Å². The lowest BCUT2D eigenvalue weighted by Crippen LogP contribution is -2.49. The second-order valence-corrected chi connectivity index (χ2v) is 10.8. The molecule has 0 aliphatic carbocycles. The summed E-state index contributed by atoms with van der Waals surface area (Å²) in [6.07, 6.45) is 5.90. The first-order valence-corrected chi connectivity index (χ1v) is 14.3. The van der Waals surface area contributed by atoms with E-state index in [4.69, 9.17) is 0 Å². The Bertz CT molecular complexity index is 1730. The summed E-state index contributed by atoms with van der Waals surface area (Å²) in [7, 11) is 4.02. The molecule has 9 heteroatoms. The first-order chi connectivity index (χ1) is 20.4. The Morgan fingerprint density at radius 1 is 0.905 bits per heavy atom. The Kier molecular flexibility index (Phi) is 7.48. The fraction of sp³-hybridized carbons (Fsp3) is 0.273. The van der Waals surface area contributed by atoms with Crippen LogP contribution in [0.5, 0.6) is 0 Å². The van der Waals surface area contributed by atoms with E-state index in [0.717, 1.165) is 45.4 Å². The number of hydrogen-bond acceptors (Lipinski definition) is 5. The lowest BCUT2D eigenvalue weighted by atomic mass is 10.0. The molecule has 0 spiro atoms. The fourth-order valence-electron chi connectivity index (χ4n) is 5.76. The Hall–Kier alpha value is -4.92. The lowest BCUT2D eigenvalue weighted by molar-refractivity contribution is 0.0748. The van der Waals surface area contributed by atoms with Crippen LogP contribution < -0.4 is 10.2 Å². The third-order valence-electron chi connectivity index (χ3n) is 8.10. The molecule has 1 N–H and O–H groups in total. The minimum Gasteiger partial charge on any atom is -0.354 e. The minimum atomic E-state index is -0.238. The molecular weight excluding hydrogens is 526 g/mol. The van der Waals surface area contributed by atoms with Gasteiger partial charge in [-0.2, -0.15) is 0 Å². The molecule has 4 heterocycles. The molecule has 5 aromatic rings. The van der Waals surface area contributed by atoms with Crippen LogP contribution in [0, 0.1) is 6.92 Å². The highest BCUT2D eigenvalue weighted by molar-refractivity contribution is 6.13. The number of nitrogens with one attached hydrogen (secondary N) is 1. The normalized spacial score (nSPS) is 13.5. The van der Waals surface area contributed by atoms with Crippen molar-refractivity contribution in [3.63, 3.8) is 0 Å². The second-order valence-electron chi connectivity index (χ2n) is 10.8. The van der Waals surface area contributed by atoms with E-state index in [2.05, 4.69) is 62.0 Å². The molecule has 42 heavy (non-hydrogen) atoms. The maximum Gasteiger partial charge on any atom is 0.271 e. The Morgan fingerprint density at radius 2 is 1.69 bits per heavy atom. The van der Waals surface area contributed by atoms with Crippen LogP contribution in [0.15, 0.2) is 79.3 Å². The molecular formula is C33H35N7O2. The van der Waals surface area contributed by atoms with Gasteiger partial charge in [0, 0.05) is 76.0 Å². The highest BCUT2D eigenvalue weighted by Crippen LogP contribution is 2.35. The van der Waals surface area contributed by atoms with Crippen molar-refractivity contribution >= 4 is 28.5 Å². The van der Waals surface area contributed by atoms with Gasteiger partial charge in [0.1, 0.15) is 11.5 Å². The van der Waals surface area contributed by atoms with E-state index in [9.17, 15) is 9.59 Å². The van der Waals surface area contributed by atoms with E-state index >= 15 is 0 Å². The van der Waals surface area contributed by atoms with Crippen LogP contribution in [0.25, 0.3) is 22.2 Å². The van der Waals surface area contributed by atoms with E-state index in [1.807, 2.05) is 60.1 Å². The molecule has 0 saturated carbocycles. The molecule has 2 amide bonds. The monoisotopic (exact) mass is 561 g/mol. The summed E-state index contributed by atoms with van der Waals surface area (Å²) in [5.74, 6) is 0.504. The third-order valence-corrected chi connectivity index (χ3v) is 8.10. The van der Waals surface area contributed by atoms with Crippen molar-refractivity contribution < 1.29 is 9.59 Å². The van der Waals surface area contributed by atoms with Gasteiger partial charge in [-0.1, -0.05) is 42.0 Å². The smallest absolute Gasteiger partial charge is 0.271 e. The predicted molar refractivity (Wildman–Crippen MR) is 165 cm³/mol. The summed E-state index contributed by atoms with van der Waals surface area (Å²) < 4.78 is 4.17. The van der Waals surface area contributed by atoms with Gasteiger partial charge in [-0.25, -0.2) is 9.97 Å². The van der Waals surface area contributed by atoms with Gasteiger partial charge < -0.3 is 24.3 Å². The molecule has 0 unspecified atom stereocenters. The van der Waals surface area contributed by atoms with Gasteiger partial charge in [-0.3, -0.25) is 9.59 Å². The largest absolute Gasteiger partial charge is 0.354 e. The first-order valence-electron chi connectivity index (χ1n) is 14.3. The van der Waals surface area contributed by atoms with Crippen LogP contribution in [-0.4, -0.2) is 68.5 Å². The number of rotatable bonds is 7. The second kappa shape index (κ2) is 11.5. The maximum atomic E-state index is 14.1. The number of carbonyl (C=O) groups excluding carboxylic acids is 2. The van der Waals surface area contributed by atoms with Gasteiger partial charge in [-0.15, -0.1) is 0 Å². The number of aromatic nitrogens is 4. The number of carbonyl (C=O) groups is 2. The van der Waals surface area contributed by atoms with Crippen molar-refractivity contribution in [3.05, 3.63) is 102 Å². The zero-order chi connectivity index (χ0) is 29.2. The standard InChI is InChI=1S/C33H35N7O2/c1-23-11-12-28-26(20-23)30(31(38(28)3)24-8-5-4-6-9-24)33(42)40-18-16-39(17-19-40)29-22-35-27(21-36-29)32(41)34-14-13-25-10-7-15-37(25)2/h4-12,15,20-22H,13-14,16-19H2,1-3H3,(H,34,41). The maximum absolute atomic E-state index is 14.1. The van der Waals surface area contributed by atoms with E-state index in [1.165, 1.54) is 6.20 Å². The fourth-order valence-corrected chi connectivity index (χ4v) is 5.76. The van der Waals surface area contributed by atoms with Crippen molar-refractivity contribution in [2.24, 2.45) is 14.1 Å². The number of anilines is 1. The molecule has 0 atom stereocenters. The highest BCUT2D eigenvalue weighted by atomic mass is 16.2. The van der Waals surface area contributed by atoms with Gasteiger partial charge in [0.15, 0.2) is 0 Å². The lowest BCUT2D eigenvalue weighted by Gasteiger charge is -2.35. The number of piperazine rings is 1. The zero-order valence-electron chi connectivity index (χ0n) is 24.2. The minimum absolute atomic E-state index is 0.0400. The van der Waals surface area contributed by atoms with Crippen molar-refractivity contribution in [2.45, 2.75) is 13.3 Å². The van der Waals surface area contributed by atoms with Gasteiger partial charge in [0.25, 0.3) is 11.8 Å². The number of amides is 2. The zero-order valence-corrected chi connectivity index (χ0v) is 24.2. The molecule has 0 bridgehead atoms. The molecule has 6 rings (SSSR count). The quantitative estimate of drug-likeness (QED) is 0.322. The van der Waals surface area contributed by atoms with Gasteiger partial charge in [0.2, 0.25) is 0 Å². The molecule has 1 aliphatic rings. The summed E-state index contributed by atoms with van der Waals surface area (Å²) in [5, 5.41) is 3.90. The van der Waals surface area contributed by atoms with Crippen LogP contribution in [0.3, 0.4) is 0 Å². The number of aryl methyl sites for hydroxylation is 3. The number of fused-ring (bicyclic) bond motifs is 1. The predicted octanol–water partition coefficient (Wildman–Crippen LogP) is 4.22. The molecule has 9 nitrogen and oxygen atoms in total. The molecule has 3 aromatic heterocycles. The molecule has 1 aliphatic heterocycles. The third kappa shape index (κ3) is 5.25. The molecule has 1 fully saturated rings. The molecule has 2 aromatic carbocycles. The molecule has 1 saturated heterocycles. The summed E-state index contributed by atoms with van der Waals surface area (Å²) in [4.78, 5) is 39.6. The van der Waals surface area contributed by atoms with Crippen molar-refractivity contribution in [1.82, 2.24) is 29.3 Å². The van der Waals surface area contributed by atoms with E-state index < -0.39 is 0 Å². The number of hydrogen-bond donors (Lipinski definition) is 1.